The van der Waals surface area contributed by atoms with Gasteiger partial charge >= 0.3 is 0 Å². The lowest BCUT2D eigenvalue weighted by atomic mass is 10.0. The maximum absolute atomic E-state index is 12.0. The fourth-order valence-electron chi connectivity index (χ4n) is 2.43. The van der Waals surface area contributed by atoms with Gasteiger partial charge < -0.3 is 10.6 Å². The first-order valence-electron chi connectivity index (χ1n) is 6.20. The Kier molecular flexibility index (Phi) is 4.01. The van der Waals surface area contributed by atoms with Crippen LogP contribution in [0.1, 0.15) is 33.8 Å². The van der Waals surface area contributed by atoms with Crippen LogP contribution in [0.2, 0.25) is 0 Å². The van der Waals surface area contributed by atoms with E-state index in [4.69, 9.17) is 0 Å². The number of carbonyl (C=O) groups excluding carboxylic acids is 2. The Morgan fingerprint density at radius 2 is 2.11 bits per heavy atom. The van der Waals surface area contributed by atoms with Crippen molar-refractivity contribution in [2.24, 2.45) is 5.92 Å². The molecule has 1 saturated carbocycles. The van der Waals surface area contributed by atoms with E-state index in [-0.39, 0.29) is 23.8 Å². The molecule has 1 aliphatic rings. The zero-order valence-corrected chi connectivity index (χ0v) is 11.5. The van der Waals surface area contributed by atoms with Crippen molar-refractivity contribution in [3.8, 4) is 0 Å². The van der Waals surface area contributed by atoms with Crippen molar-refractivity contribution < 1.29 is 9.59 Å². The molecule has 1 aliphatic carbocycles. The summed E-state index contributed by atoms with van der Waals surface area (Å²) < 4.78 is 0. The van der Waals surface area contributed by atoms with Crippen molar-refractivity contribution >= 4 is 23.2 Å². The van der Waals surface area contributed by atoms with Crippen molar-refractivity contribution in [2.75, 3.05) is 7.05 Å². The smallest absolute Gasteiger partial charge is 0.261 e. The van der Waals surface area contributed by atoms with Crippen molar-refractivity contribution in [3.05, 3.63) is 21.9 Å². The average Bonchev–Trinajstić information content (AvgIpc) is 2.97. The number of thiophene rings is 1. The summed E-state index contributed by atoms with van der Waals surface area (Å²) in [6, 6.07) is 3.74. The molecular formula is C13H18N2O2S. The van der Waals surface area contributed by atoms with E-state index >= 15 is 0 Å². The molecule has 2 rings (SSSR count). The molecule has 2 amide bonds. The van der Waals surface area contributed by atoms with Gasteiger partial charge in [0.05, 0.1) is 10.8 Å². The quantitative estimate of drug-likeness (QED) is 0.875. The summed E-state index contributed by atoms with van der Waals surface area (Å²) in [6.45, 7) is 1.98. The third-order valence-corrected chi connectivity index (χ3v) is 4.38. The summed E-state index contributed by atoms with van der Waals surface area (Å²) in [7, 11) is 1.64. The van der Waals surface area contributed by atoms with Crippen LogP contribution in [0.15, 0.2) is 12.1 Å². The van der Waals surface area contributed by atoms with Gasteiger partial charge in [-0.1, -0.05) is 6.42 Å². The van der Waals surface area contributed by atoms with Gasteiger partial charge in [-0.2, -0.15) is 0 Å². The summed E-state index contributed by atoms with van der Waals surface area (Å²) >= 11 is 1.48. The average molecular weight is 266 g/mol. The van der Waals surface area contributed by atoms with Gasteiger partial charge in [0, 0.05) is 18.0 Å². The van der Waals surface area contributed by atoms with E-state index in [0.717, 1.165) is 29.0 Å². The number of carbonyl (C=O) groups is 2. The van der Waals surface area contributed by atoms with E-state index in [1.165, 1.54) is 11.3 Å². The Labute approximate surface area is 111 Å². The topological polar surface area (TPSA) is 58.2 Å². The van der Waals surface area contributed by atoms with Gasteiger partial charge in [0.25, 0.3) is 5.91 Å². The van der Waals surface area contributed by atoms with E-state index in [2.05, 4.69) is 10.6 Å². The number of hydrogen-bond acceptors (Lipinski definition) is 3. The highest BCUT2D eigenvalue weighted by molar-refractivity contribution is 7.13. The predicted octanol–water partition coefficient (Wildman–Crippen LogP) is 1.70. The second-order valence-electron chi connectivity index (χ2n) is 4.64. The lowest BCUT2D eigenvalue weighted by molar-refractivity contribution is -0.124. The van der Waals surface area contributed by atoms with E-state index in [9.17, 15) is 9.59 Å². The molecule has 1 aromatic rings. The number of hydrogen-bond donors (Lipinski definition) is 2. The van der Waals surface area contributed by atoms with E-state index in [1.54, 1.807) is 7.05 Å². The van der Waals surface area contributed by atoms with Crippen molar-refractivity contribution in [1.82, 2.24) is 10.6 Å². The Balaban J connectivity index is 2.00. The summed E-state index contributed by atoms with van der Waals surface area (Å²) in [5.41, 5.74) is 0. The zero-order chi connectivity index (χ0) is 13.1. The monoisotopic (exact) mass is 266 g/mol. The molecule has 98 valence electrons. The Bertz CT molecular complexity index is 456. The van der Waals surface area contributed by atoms with Gasteiger partial charge in [-0.15, -0.1) is 11.3 Å². The minimum Gasteiger partial charge on any atom is -0.359 e. The second kappa shape index (κ2) is 5.52. The molecule has 1 fully saturated rings. The maximum Gasteiger partial charge on any atom is 0.261 e. The van der Waals surface area contributed by atoms with Gasteiger partial charge in [-0.25, -0.2) is 0 Å². The molecule has 4 nitrogen and oxygen atoms in total. The molecule has 1 heterocycles. The van der Waals surface area contributed by atoms with E-state index in [1.807, 2.05) is 19.1 Å². The minimum atomic E-state index is -0.0833. The molecule has 1 aromatic heterocycles. The summed E-state index contributed by atoms with van der Waals surface area (Å²) in [5.74, 6) is -0.117. The standard InChI is InChI=1S/C13H18N2O2S/c1-8-6-7-11(18-8)13(17)15-10-5-3-4-9(10)12(16)14-2/h6-7,9-10H,3-5H2,1-2H3,(H,14,16)(H,15,17). The lowest BCUT2D eigenvalue weighted by Crippen LogP contribution is -2.43. The summed E-state index contributed by atoms with van der Waals surface area (Å²) in [6.07, 6.45) is 2.73. The second-order valence-corrected chi connectivity index (χ2v) is 5.93. The molecule has 2 atom stereocenters. The molecule has 18 heavy (non-hydrogen) atoms. The fraction of sp³-hybridized carbons (Fsp3) is 0.538. The number of amides is 2. The van der Waals surface area contributed by atoms with Gasteiger partial charge in [0.2, 0.25) is 5.91 Å². The summed E-state index contributed by atoms with van der Waals surface area (Å²) in [4.78, 5) is 25.6. The largest absolute Gasteiger partial charge is 0.359 e. The number of aryl methyl sites for hydroxylation is 1. The highest BCUT2D eigenvalue weighted by atomic mass is 32.1. The highest BCUT2D eigenvalue weighted by Crippen LogP contribution is 2.26. The molecule has 2 unspecified atom stereocenters. The van der Waals surface area contributed by atoms with Gasteiger partial charge in [0.15, 0.2) is 0 Å². The molecular weight excluding hydrogens is 248 g/mol. The predicted molar refractivity (Wildman–Crippen MR) is 71.7 cm³/mol. The van der Waals surface area contributed by atoms with E-state index < -0.39 is 0 Å². The number of nitrogens with one attached hydrogen (secondary N) is 2. The SMILES string of the molecule is CNC(=O)C1CCCC1NC(=O)c1ccc(C)s1. The van der Waals surface area contributed by atoms with Crippen LogP contribution in [-0.4, -0.2) is 24.9 Å². The molecule has 5 heteroatoms. The molecule has 0 aromatic carbocycles. The first-order chi connectivity index (χ1) is 8.61. The molecule has 0 spiro atoms. The first-order valence-corrected chi connectivity index (χ1v) is 7.02. The molecule has 0 saturated heterocycles. The maximum atomic E-state index is 12.0. The third kappa shape index (κ3) is 2.72. The number of rotatable bonds is 3. The Morgan fingerprint density at radius 3 is 2.72 bits per heavy atom. The first kappa shape index (κ1) is 13.1. The molecule has 0 bridgehead atoms. The third-order valence-electron chi connectivity index (χ3n) is 3.38. The van der Waals surface area contributed by atoms with Crippen LogP contribution in [0.4, 0.5) is 0 Å². The summed E-state index contributed by atoms with van der Waals surface area (Å²) in [5, 5.41) is 5.65. The van der Waals surface area contributed by atoms with Crippen LogP contribution in [0, 0.1) is 12.8 Å². The molecule has 2 N–H and O–H groups in total. The van der Waals surface area contributed by atoms with Crippen LogP contribution >= 0.6 is 11.3 Å². The Morgan fingerprint density at radius 1 is 1.33 bits per heavy atom. The molecule has 0 radical (unpaired) electrons. The van der Waals surface area contributed by atoms with Crippen LogP contribution in [0.5, 0.6) is 0 Å². The van der Waals surface area contributed by atoms with Crippen molar-refractivity contribution in [2.45, 2.75) is 32.2 Å². The Hall–Kier alpha value is -1.36. The van der Waals surface area contributed by atoms with Crippen molar-refractivity contribution in [1.29, 1.82) is 0 Å². The lowest BCUT2D eigenvalue weighted by Gasteiger charge is -2.19. The van der Waals surface area contributed by atoms with Gasteiger partial charge in [0.1, 0.15) is 0 Å². The van der Waals surface area contributed by atoms with Crippen LogP contribution in [-0.2, 0) is 4.79 Å². The molecule has 0 aliphatic heterocycles. The minimum absolute atomic E-state index is 0.0279. The van der Waals surface area contributed by atoms with Crippen LogP contribution < -0.4 is 10.6 Å². The van der Waals surface area contributed by atoms with Gasteiger partial charge in [-0.05, 0) is 31.9 Å². The van der Waals surface area contributed by atoms with Crippen LogP contribution in [0.25, 0.3) is 0 Å². The zero-order valence-electron chi connectivity index (χ0n) is 10.7. The fourth-order valence-corrected chi connectivity index (χ4v) is 3.20. The van der Waals surface area contributed by atoms with Crippen LogP contribution in [0.3, 0.4) is 0 Å². The van der Waals surface area contributed by atoms with Gasteiger partial charge in [-0.3, -0.25) is 9.59 Å². The highest BCUT2D eigenvalue weighted by Gasteiger charge is 2.33. The normalized spacial score (nSPS) is 22.8. The van der Waals surface area contributed by atoms with E-state index in [0.29, 0.717) is 0 Å². The van der Waals surface area contributed by atoms with Crippen molar-refractivity contribution in [3.63, 3.8) is 0 Å².